The van der Waals surface area contributed by atoms with Gasteiger partial charge in [0, 0.05) is 6.61 Å². The Morgan fingerprint density at radius 3 is 2.44 bits per heavy atom. The number of amides is 1. The van der Waals surface area contributed by atoms with E-state index < -0.39 is 11.5 Å². The summed E-state index contributed by atoms with van der Waals surface area (Å²) in [5.41, 5.74) is -0.739. The van der Waals surface area contributed by atoms with Gasteiger partial charge in [0.1, 0.15) is 6.61 Å². The molecule has 0 aromatic carbocycles. The zero-order chi connectivity index (χ0) is 14.2. The van der Waals surface area contributed by atoms with Gasteiger partial charge in [-0.25, -0.2) is 0 Å². The molecule has 0 heterocycles. The predicted octanol–water partition coefficient (Wildman–Crippen LogP) is 1.81. The number of ether oxygens (including phenoxy) is 1. The standard InChI is InChI=1S/C13H25NO4/c1-5-6-7-18-9-11(15)14-13(4,10(2)3)8-12(16)17/h10H,5-9H2,1-4H3,(H,14,15)(H,16,17). The lowest BCUT2D eigenvalue weighted by molar-refractivity contribution is -0.140. The molecule has 0 radical (unpaired) electrons. The number of carboxylic acids is 1. The lowest BCUT2D eigenvalue weighted by Gasteiger charge is -2.33. The first-order chi connectivity index (χ1) is 8.31. The summed E-state index contributed by atoms with van der Waals surface area (Å²) in [6.07, 6.45) is 1.85. The van der Waals surface area contributed by atoms with Crippen LogP contribution in [0.15, 0.2) is 0 Å². The van der Waals surface area contributed by atoms with E-state index in [-0.39, 0.29) is 24.9 Å². The Morgan fingerprint density at radius 2 is 2.00 bits per heavy atom. The second kappa shape index (κ2) is 8.08. The van der Waals surface area contributed by atoms with Crippen LogP contribution in [-0.4, -0.2) is 35.7 Å². The van der Waals surface area contributed by atoms with E-state index in [0.29, 0.717) is 6.61 Å². The van der Waals surface area contributed by atoms with Gasteiger partial charge in [-0.2, -0.15) is 0 Å². The summed E-state index contributed by atoms with van der Waals surface area (Å²) >= 11 is 0. The molecule has 2 N–H and O–H groups in total. The minimum Gasteiger partial charge on any atom is -0.481 e. The van der Waals surface area contributed by atoms with Gasteiger partial charge < -0.3 is 15.2 Å². The number of carbonyl (C=O) groups is 2. The Labute approximate surface area is 109 Å². The minimum absolute atomic E-state index is 0.0120. The molecule has 0 aromatic heterocycles. The maximum absolute atomic E-state index is 11.7. The fourth-order valence-corrected chi connectivity index (χ4v) is 1.47. The van der Waals surface area contributed by atoms with Gasteiger partial charge in [-0.15, -0.1) is 0 Å². The molecule has 0 aromatic rings. The molecule has 0 fully saturated rings. The maximum atomic E-state index is 11.7. The molecule has 0 bridgehead atoms. The molecule has 0 spiro atoms. The highest BCUT2D eigenvalue weighted by Gasteiger charge is 2.32. The van der Waals surface area contributed by atoms with Crippen molar-refractivity contribution in [3.63, 3.8) is 0 Å². The first-order valence-corrected chi connectivity index (χ1v) is 6.42. The van der Waals surface area contributed by atoms with E-state index in [1.807, 2.05) is 20.8 Å². The summed E-state index contributed by atoms with van der Waals surface area (Å²) < 4.78 is 5.21. The van der Waals surface area contributed by atoms with Crippen LogP contribution in [0.5, 0.6) is 0 Å². The van der Waals surface area contributed by atoms with Crippen LogP contribution in [0.1, 0.15) is 47.0 Å². The monoisotopic (exact) mass is 259 g/mol. The van der Waals surface area contributed by atoms with Crippen LogP contribution in [0, 0.1) is 5.92 Å². The highest BCUT2D eigenvalue weighted by atomic mass is 16.5. The van der Waals surface area contributed by atoms with Gasteiger partial charge in [-0.3, -0.25) is 9.59 Å². The average Bonchev–Trinajstić information content (AvgIpc) is 2.23. The fourth-order valence-electron chi connectivity index (χ4n) is 1.47. The molecule has 1 unspecified atom stereocenters. The molecular formula is C13H25NO4. The lowest BCUT2D eigenvalue weighted by atomic mass is 9.85. The second-order valence-corrected chi connectivity index (χ2v) is 5.10. The van der Waals surface area contributed by atoms with Crippen molar-refractivity contribution >= 4 is 11.9 Å². The number of nitrogens with one attached hydrogen (secondary N) is 1. The van der Waals surface area contributed by atoms with Crippen LogP contribution in [0.2, 0.25) is 0 Å². The van der Waals surface area contributed by atoms with E-state index in [1.54, 1.807) is 6.92 Å². The summed E-state index contributed by atoms with van der Waals surface area (Å²) in [7, 11) is 0. The van der Waals surface area contributed by atoms with Crippen LogP contribution in [0.3, 0.4) is 0 Å². The van der Waals surface area contributed by atoms with Crippen molar-refractivity contribution < 1.29 is 19.4 Å². The summed E-state index contributed by atoms with van der Waals surface area (Å²) in [6.45, 7) is 8.12. The first kappa shape index (κ1) is 16.9. The molecule has 5 heteroatoms. The lowest BCUT2D eigenvalue weighted by Crippen LogP contribution is -2.52. The molecule has 1 amide bonds. The summed E-state index contributed by atoms with van der Waals surface area (Å²) in [4.78, 5) is 22.5. The molecule has 106 valence electrons. The normalized spacial score (nSPS) is 14.3. The predicted molar refractivity (Wildman–Crippen MR) is 69.4 cm³/mol. The van der Waals surface area contributed by atoms with Crippen LogP contribution in [-0.2, 0) is 14.3 Å². The van der Waals surface area contributed by atoms with Crippen LogP contribution >= 0.6 is 0 Å². The molecule has 0 aliphatic carbocycles. The van der Waals surface area contributed by atoms with Crippen molar-refractivity contribution in [2.75, 3.05) is 13.2 Å². The highest BCUT2D eigenvalue weighted by molar-refractivity contribution is 5.79. The number of carbonyl (C=O) groups excluding carboxylic acids is 1. The van der Waals surface area contributed by atoms with Gasteiger partial charge in [0.05, 0.1) is 12.0 Å². The summed E-state index contributed by atoms with van der Waals surface area (Å²) in [5, 5.41) is 11.6. The van der Waals surface area contributed by atoms with E-state index in [0.717, 1.165) is 12.8 Å². The molecule has 0 aliphatic heterocycles. The van der Waals surface area contributed by atoms with Crippen LogP contribution in [0.25, 0.3) is 0 Å². The van der Waals surface area contributed by atoms with E-state index in [9.17, 15) is 9.59 Å². The van der Waals surface area contributed by atoms with Gasteiger partial charge in [0.2, 0.25) is 5.91 Å². The molecule has 18 heavy (non-hydrogen) atoms. The molecule has 0 rings (SSSR count). The minimum atomic E-state index is -0.918. The van der Waals surface area contributed by atoms with Crippen molar-refractivity contribution in [3.05, 3.63) is 0 Å². The number of carboxylic acid groups (broad SMARTS) is 1. The third-order valence-electron chi connectivity index (χ3n) is 3.09. The molecule has 0 saturated carbocycles. The Kier molecular flexibility index (Phi) is 7.59. The Morgan fingerprint density at radius 1 is 1.39 bits per heavy atom. The summed E-state index contributed by atoms with van der Waals surface area (Å²) in [5.74, 6) is -1.14. The maximum Gasteiger partial charge on any atom is 0.305 e. The second-order valence-electron chi connectivity index (χ2n) is 5.10. The molecular weight excluding hydrogens is 234 g/mol. The number of hydrogen-bond acceptors (Lipinski definition) is 3. The zero-order valence-electron chi connectivity index (χ0n) is 11.8. The van der Waals surface area contributed by atoms with Crippen LogP contribution < -0.4 is 5.32 Å². The first-order valence-electron chi connectivity index (χ1n) is 6.42. The van der Waals surface area contributed by atoms with E-state index in [1.165, 1.54) is 0 Å². The van der Waals surface area contributed by atoms with Crippen LogP contribution in [0.4, 0.5) is 0 Å². The molecule has 0 aliphatic rings. The van der Waals surface area contributed by atoms with Gasteiger partial charge in [0.15, 0.2) is 0 Å². The van der Waals surface area contributed by atoms with Gasteiger partial charge in [-0.05, 0) is 19.3 Å². The van der Waals surface area contributed by atoms with Crippen molar-refractivity contribution in [1.29, 1.82) is 0 Å². The van der Waals surface area contributed by atoms with E-state index in [2.05, 4.69) is 5.32 Å². The number of unbranched alkanes of at least 4 members (excludes halogenated alkanes) is 1. The van der Waals surface area contributed by atoms with E-state index in [4.69, 9.17) is 9.84 Å². The zero-order valence-corrected chi connectivity index (χ0v) is 11.8. The van der Waals surface area contributed by atoms with Gasteiger partial charge >= 0.3 is 5.97 Å². The fraction of sp³-hybridized carbons (Fsp3) is 0.846. The average molecular weight is 259 g/mol. The van der Waals surface area contributed by atoms with Crippen molar-refractivity contribution in [1.82, 2.24) is 5.32 Å². The Bertz CT molecular complexity index is 278. The van der Waals surface area contributed by atoms with Crippen molar-refractivity contribution in [2.45, 2.75) is 52.5 Å². The third kappa shape index (κ3) is 6.59. The third-order valence-corrected chi connectivity index (χ3v) is 3.09. The molecule has 0 saturated heterocycles. The van der Waals surface area contributed by atoms with Crippen molar-refractivity contribution in [3.8, 4) is 0 Å². The quantitative estimate of drug-likeness (QED) is 0.619. The number of hydrogen-bond donors (Lipinski definition) is 2. The van der Waals surface area contributed by atoms with E-state index >= 15 is 0 Å². The largest absolute Gasteiger partial charge is 0.481 e. The number of rotatable bonds is 9. The van der Waals surface area contributed by atoms with Crippen molar-refractivity contribution in [2.24, 2.45) is 5.92 Å². The Balaban J connectivity index is 4.24. The molecule has 1 atom stereocenters. The topological polar surface area (TPSA) is 75.6 Å². The smallest absolute Gasteiger partial charge is 0.305 e. The number of aliphatic carboxylic acids is 1. The van der Waals surface area contributed by atoms with Gasteiger partial charge in [-0.1, -0.05) is 27.2 Å². The summed E-state index contributed by atoms with van der Waals surface area (Å²) in [6, 6.07) is 0. The highest BCUT2D eigenvalue weighted by Crippen LogP contribution is 2.20. The molecule has 5 nitrogen and oxygen atoms in total. The van der Waals surface area contributed by atoms with Gasteiger partial charge in [0.25, 0.3) is 0 Å². The SMILES string of the molecule is CCCCOCC(=O)NC(C)(CC(=O)O)C(C)C. The Hall–Kier alpha value is -1.10.